The van der Waals surface area contributed by atoms with Crippen LogP contribution < -0.4 is 5.32 Å². The predicted octanol–water partition coefficient (Wildman–Crippen LogP) is 2.23. The average Bonchev–Trinajstić information content (AvgIpc) is 2.54. The van der Waals surface area contributed by atoms with Gasteiger partial charge in [-0.1, -0.05) is 20.8 Å². The van der Waals surface area contributed by atoms with E-state index in [4.69, 9.17) is 0 Å². The van der Waals surface area contributed by atoms with Crippen LogP contribution in [0.1, 0.15) is 38.9 Å². The minimum absolute atomic E-state index is 0.378. The van der Waals surface area contributed by atoms with Crippen molar-refractivity contribution >= 4 is 11.7 Å². The van der Waals surface area contributed by atoms with Gasteiger partial charge in [-0.2, -0.15) is 8.75 Å². The van der Waals surface area contributed by atoms with Crippen LogP contribution in [0.2, 0.25) is 0 Å². The summed E-state index contributed by atoms with van der Waals surface area (Å²) in [4.78, 5) is 0. The zero-order chi connectivity index (χ0) is 9.68. The van der Waals surface area contributed by atoms with E-state index >= 15 is 0 Å². The third-order valence-electron chi connectivity index (χ3n) is 1.89. The molecule has 0 fully saturated rings. The summed E-state index contributed by atoms with van der Waals surface area (Å²) in [5, 5.41) is 3.42. The van der Waals surface area contributed by atoms with Gasteiger partial charge in [-0.25, -0.2) is 0 Å². The van der Waals surface area contributed by atoms with E-state index in [1.165, 1.54) is 11.7 Å². The van der Waals surface area contributed by atoms with Crippen LogP contribution in [0.5, 0.6) is 0 Å². The van der Waals surface area contributed by atoms with Crippen molar-refractivity contribution in [2.75, 3.05) is 6.54 Å². The normalized spacial score (nSPS) is 13.5. The van der Waals surface area contributed by atoms with Gasteiger partial charge in [-0.05, 0) is 18.9 Å². The van der Waals surface area contributed by atoms with Gasteiger partial charge < -0.3 is 5.32 Å². The van der Waals surface area contributed by atoms with E-state index in [2.05, 4.69) is 34.8 Å². The molecule has 0 radical (unpaired) electrons. The maximum Gasteiger partial charge on any atom is 0.0912 e. The highest BCUT2D eigenvalue weighted by Gasteiger charge is 2.14. The molecule has 0 saturated carbocycles. The Bertz CT molecular complexity index is 221. The molecule has 0 spiro atoms. The molecule has 0 aliphatic carbocycles. The lowest BCUT2D eigenvalue weighted by molar-refractivity contribution is 0.433. The number of nitrogens with zero attached hydrogens (tertiary/aromatic N) is 2. The molecule has 1 heterocycles. The van der Waals surface area contributed by atoms with Crippen LogP contribution in [0, 0.1) is 5.92 Å². The summed E-state index contributed by atoms with van der Waals surface area (Å²) >= 11 is 1.28. The minimum atomic E-state index is 0.378. The topological polar surface area (TPSA) is 37.8 Å². The van der Waals surface area contributed by atoms with Gasteiger partial charge in [0.15, 0.2) is 0 Å². The Morgan fingerprint density at radius 3 is 2.77 bits per heavy atom. The standard InChI is InChI=1S/C9H17N3S/c1-4-10-8(5-7(2)3)9-6-11-13-12-9/h6-8,10H,4-5H2,1-3H3. The van der Waals surface area contributed by atoms with Gasteiger partial charge in [0.05, 0.1) is 29.7 Å². The van der Waals surface area contributed by atoms with E-state index in [1.54, 1.807) is 0 Å². The molecule has 0 bridgehead atoms. The molecule has 0 aromatic carbocycles. The number of nitrogens with one attached hydrogen (secondary N) is 1. The predicted molar refractivity (Wildman–Crippen MR) is 55.8 cm³/mol. The molecule has 1 rings (SSSR count). The molecule has 3 nitrogen and oxygen atoms in total. The summed E-state index contributed by atoms with van der Waals surface area (Å²) in [5.74, 6) is 0.686. The molecule has 1 aromatic heterocycles. The Morgan fingerprint density at radius 2 is 2.31 bits per heavy atom. The summed E-state index contributed by atoms with van der Waals surface area (Å²) in [5.41, 5.74) is 1.08. The average molecular weight is 199 g/mol. The lowest BCUT2D eigenvalue weighted by Crippen LogP contribution is -2.22. The first-order valence-corrected chi connectivity index (χ1v) is 5.48. The molecule has 0 amide bonds. The smallest absolute Gasteiger partial charge is 0.0912 e. The van der Waals surface area contributed by atoms with E-state index in [-0.39, 0.29) is 0 Å². The summed E-state index contributed by atoms with van der Waals surface area (Å²) in [6.45, 7) is 7.55. The fraction of sp³-hybridized carbons (Fsp3) is 0.778. The highest BCUT2D eigenvalue weighted by molar-refractivity contribution is 6.99. The van der Waals surface area contributed by atoms with Gasteiger partial charge in [0.2, 0.25) is 0 Å². The molecular formula is C9H17N3S. The number of rotatable bonds is 5. The van der Waals surface area contributed by atoms with E-state index in [0.29, 0.717) is 12.0 Å². The van der Waals surface area contributed by atoms with Gasteiger partial charge in [0.1, 0.15) is 0 Å². The first kappa shape index (κ1) is 10.6. The maximum absolute atomic E-state index is 4.26. The SMILES string of the molecule is CCNC(CC(C)C)c1cnsn1. The van der Waals surface area contributed by atoms with Crippen molar-refractivity contribution in [1.82, 2.24) is 14.1 Å². The number of hydrogen-bond acceptors (Lipinski definition) is 4. The third kappa shape index (κ3) is 3.40. The summed E-state index contributed by atoms with van der Waals surface area (Å²) in [6.07, 6.45) is 2.99. The summed E-state index contributed by atoms with van der Waals surface area (Å²) in [7, 11) is 0. The summed E-state index contributed by atoms with van der Waals surface area (Å²) < 4.78 is 8.28. The molecule has 74 valence electrons. The van der Waals surface area contributed by atoms with Crippen molar-refractivity contribution in [1.29, 1.82) is 0 Å². The Kier molecular flexibility index (Phi) is 4.32. The van der Waals surface area contributed by atoms with Crippen LogP contribution in [0.15, 0.2) is 6.20 Å². The van der Waals surface area contributed by atoms with E-state index in [9.17, 15) is 0 Å². The second kappa shape index (κ2) is 5.29. The molecule has 4 heteroatoms. The first-order valence-electron chi connectivity index (χ1n) is 4.74. The zero-order valence-electron chi connectivity index (χ0n) is 8.45. The Labute approximate surface area is 83.9 Å². The van der Waals surface area contributed by atoms with Crippen LogP contribution in [0.25, 0.3) is 0 Å². The second-order valence-corrected chi connectivity index (χ2v) is 4.13. The fourth-order valence-corrected chi connectivity index (χ4v) is 1.82. The largest absolute Gasteiger partial charge is 0.309 e. The van der Waals surface area contributed by atoms with E-state index < -0.39 is 0 Å². The van der Waals surface area contributed by atoms with Crippen molar-refractivity contribution in [2.45, 2.75) is 33.2 Å². The summed E-state index contributed by atoms with van der Waals surface area (Å²) in [6, 6.07) is 0.378. The highest BCUT2D eigenvalue weighted by atomic mass is 32.1. The van der Waals surface area contributed by atoms with Crippen LogP contribution in [-0.4, -0.2) is 15.3 Å². The monoisotopic (exact) mass is 199 g/mol. The lowest BCUT2D eigenvalue weighted by atomic mass is 10.0. The van der Waals surface area contributed by atoms with Gasteiger partial charge in [-0.3, -0.25) is 0 Å². The molecule has 0 aliphatic heterocycles. The van der Waals surface area contributed by atoms with Gasteiger partial charge in [-0.15, -0.1) is 0 Å². The maximum atomic E-state index is 4.26. The van der Waals surface area contributed by atoms with Crippen LogP contribution >= 0.6 is 11.7 Å². The third-order valence-corrected chi connectivity index (χ3v) is 2.39. The molecular weight excluding hydrogens is 182 g/mol. The Balaban J connectivity index is 2.57. The number of aromatic nitrogens is 2. The zero-order valence-corrected chi connectivity index (χ0v) is 9.27. The van der Waals surface area contributed by atoms with E-state index in [0.717, 1.165) is 18.7 Å². The molecule has 13 heavy (non-hydrogen) atoms. The van der Waals surface area contributed by atoms with Crippen molar-refractivity contribution in [2.24, 2.45) is 5.92 Å². The molecule has 1 unspecified atom stereocenters. The van der Waals surface area contributed by atoms with Crippen molar-refractivity contribution < 1.29 is 0 Å². The molecule has 1 atom stereocenters. The van der Waals surface area contributed by atoms with Gasteiger partial charge in [0.25, 0.3) is 0 Å². The fourth-order valence-electron chi connectivity index (χ4n) is 1.35. The van der Waals surface area contributed by atoms with Crippen LogP contribution in [-0.2, 0) is 0 Å². The van der Waals surface area contributed by atoms with Gasteiger partial charge in [0, 0.05) is 0 Å². The second-order valence-electron chi connectivity index (χ2n) is 3.57. The first-order chi connectivity index (χ1) is 6.24. The lowest BCUT2D eigenvalue weighted by Gasteiger charge is -2.16. The van der Waals surface area contributed by atoms with Crippen molar-refractivity contribution in [3.8, 4) is 0 Å². The van der Waals surface area contributed by atoms with Gasteiger partial charge >= 0.3 is 0 Å². The van der Waals surface area contributed by atoms with Crippen molar-refractivity contribution in [3.05, 3.63) is 11.9 Å². The van der Waals surface area contributed by atoms with Crippen LogP contribution in [0.4, 0.5) is 0 Å². The molecule has 0 aliphatic rings. The molecule has 0 saturated heterocycles. The number of hydrogen-bond donors (Lipinski definition) is 1. The van der Waals surface area contributed by atoms with E-state index in [1.807, 2.05) is 6.20 Å². The van der Waals surface area contributed by atoms with Crippen LogP contribution in [0.3, 0.4) is 0 Å². The Morgan fingerprint density at radius 1 is 1.54 bits per heavy atom. The minimum Gasteiger partial charge on any atom is -0.309 e. The van der Waals surface area contributed by atoms with Crippen molar-refractivity contribution in [3.63, 3.8) is 0 Å². The highest BCUT2D eigenvalue weighted by Crippen LogP contribution is 2.19. The quantitative estimate of drug-likeness (QED) is 0.790. The Hall–Kier alpha value is -0.480. The molecule has 1 aromatic rings. The molecule has 1 N–H and O–H groups in total.